The quantitative estimate of drug-likeness (QED) is 0.584. The summed E-state index contributed by atoms with van der Waals surface area (Å²) in [4.78, 5) is 7.84. The molecule has 0 atom stereocenters. The zero-order chi connectivity index (χ0) is 17.6. The highest BCUT2D eigenvalue weighted by atomic mass is 32.3. The van der Waals surface area contributed by atoms with Crippen LogP contribution >= 0.6 is 0 Å². The van der Waals surface area contributed by atoms with Gasteiger partial charge in [-0.05, 0) is 30.7 Å². The van der Waals surface area contributed by atoms with Crippen LogP contribution in [-0.2, 0) is 10.2 Å². The van der Waals surface area contributed by atoms with Gasteiger partial charge in [0.2, 0.25) is 5.95 Å². The number of anilines is 3. The maximum atomic E-state index is 12.9. The first-order valence-electron chi connectivity index (χ1n) is 7.27. The molecule has 1 aromatic carbocycles. The third kappa shape index (κ3) is 4.63. The van der Waals surface area contributed by atoms with E-state index in [0.717, 1.165) is 25.0 Å². The first-order valence-corrected chi connectivity index (χ1v) is 8.65. The average molecular weight is 349 g/mol. The molecule has 0 spiro atoms. The van der Waals surface area contributed by atoms with Crippen molar-refractivity contribution in [2.24, 2.45) is 0 Å². The predicted octanol–water partition coefficient (Wildman–Crippen LogP) is 2.96. The minimum Gasteiger partial charge on any atom is -0.369 e. The molecule has 7 nitrogen and oxygen atoms in total. The van der Waals surface area contributed by atoms with E-state index >= 15 is 0 Å². The number of hydrogen-bond acceptors (Lipinski definition) is 7. The van der Waals surface area contributed by atoms with Gasteiger partial charge in [-0.1, -0.05) is 13.3 Å². The van der Waals surface area contributed by atoms with Crippen LogP contribution in [0.2, 0.25) is 0 Å². The van der Waals surface area contributed by atoms with Crippen molar-refractivity contribution in [1.29, 1.82) is 5.26 Å². The molecule has 0 radical (unpaired) electrons. The van der Waals surface area contributed by atoms with Crippen LogP contribution in [0.25, 0.3) is 0 Å². The summed E-state index contributed by atoms with van der Waals surface area (Å²) in [5.74, 6) is 0.662. The lowest BCUT2D eigenvalue weighted by Gasteiger charge is -2.09. The summed E-state index contributed by atoms with van der Waals surface area (Å²) >= 11 is 0. The lowest BCUT2D eigenvalue weighted by atomic mass is 10.3. The van der Waals surface area contributed by atoms with Crippen molar-refractivity contribution in [2.45, 2.75) is 24.7 Å². The van der Waals surface area contributed by atoms with Gasteiger partial charge in [0.25, 0.3) is 0 Å². The molecule has 0 bridgehead atoms. The topological polar surface area (TPSA) is 108 Å². The van der Waals surface area contributed by atoms with E-state index in [9.17, 15) is 12.3 Å². The monoisotopic (exact) mass is 349 g/mol. The van der Waals surface area contributed by atoms with Crippen molar-refractivity contribution >= 4 is 27.7 Å². The van der Waals surface area contributed by atoms with Crippen LogP contribution in [0, 0.1) is 11.3 Å². The Morgan fingerprint density at radius 3 is 2.58 bits per heavy atom. The molecule has 9 heteroatoms. The van der Waals surface area contributed by atoms with Gasteiger partial charge < -0.3 is 10.6 Å². The Morgan fingerprint density at radius 1 is 1.29 bits per heavy atom. The molecular formula is C15H16FN5O2S. The van der Waals surface area contributed by atoms with Crippen molar-refractivity contribution in [3.8, 4) is 6.07 Å². The molecule has 0 fully saturated rings. The highest BCUT2D eigenvalue weighted by Gasteiger charge is 2.11. The zero-order valence-electron chi connectivity index (χ0n) is 13.0. The van der Waals surface area contributed by atoms with Gasteiger partial charge in [-0.3, -0.25) is 0 Å². The van der Waals surface area contributed by atoms with Gasteiger partial charge >= 0.3 is 10.2 Å². The van der Waals surface area contributed by atoms with E-state index in [1.807, 2.05) is 6.07 Å². The highest BCUT2D eigenvalue weighted by molar-refractivity contribution is 7.86. The molecule has 0 amide bonds. The van der Waals surface area contributed by atoms with Crippen LogP contribution in [0.4, 0.5) is 21.3 Å². The lowest BCUT2D eigenvalue weighted by molar-refractivity contribution is 0.552. The Bertz CT molecular complexity index is 847. The summed E-state index contributed by atoms with van der Waals surface area (Å²) in [7, 11) is -4.73. The molecule has 2 N–H and O–H groups in total. The second kappa shape index (κ2) is 7.70. The number of nitrogens with one attached hydrogen (secondary N) is 2. The number of halogens is 1. The van der Waals surface area contributed by atoms with Gasteiger partial charge in [0.15, 0.2) is 0 Å². The largest absolute Gasteiger partial charge is 0.369 e. The summed E-state index contributed by atoms with van der Waals surface area (Å²) in [6, 6.07) is 7.10. The van der Waals surface area contributed by atoms with E-state index in [1.54, 1.807) is 0 Å². The van der Waals surface area contributed by atoms with E-state index in [-0.39, 0.29) is 5.95 Å². The number of aromatic nitrogens is 2. The van der Waals surface area contributed by atoms with Crippen LogP contribution in [0.3, 0.4) is 0 Å². The van der Waals surface area contributed by atoms with E-state index in [2.05, 4.69) is 27.5 Å². The smallest absolute Gasteiger partial charge is 0.332 e. The Balaban J connectivity index is 2.17. The van der Waals surface area contributed by atoms with Gasteiger partial charge in [0.1, 0.15) is 17.5 Å². The first-order chi connectivity index (χ1) is 11.4. The Kier molecular flexibility index (Phi) is 5.65. The van der Waals surface area contributed by atoms with Crippen molar-refractivity contribution in [3.05, 3.63) is 36.0 Å². The molecule has 2 aromatic rings. The molecule has 0 aliphatic heterocycles. The van der Waals surface area contributed by atoms with E-state index in [1.165, 1.54) is 18.3 Å². The number of unbranched alkanes of at least 4 members (excludes halogenated alkanes) is 1. The molecule has 0 aliphatic rings. The van der Waals surface area contributed by atoms with E-state index in [0.29, 0.717) is 23.6 Å². The summed E-state index contributed by atoms with van der Waals surface area (Å²) in [6.45, 7) is 2.74. The van der Waals surface area contributed by atoms with Crippen molar-refractivity contribution < 1.29 is 12.3 Å². The number of nitriles is 1. The molecule has 0 saturated heterocycles. The van der Waals surface area contributed by atoms with Gasteiger partial charge in [0.05, 0.1) is 11.1 Å². The summed E-state index contributed by atoms with van der Waals surface area (Å²) < 4.78 is 34.4. The number of nitrogens with zero attached hydrogens (tertiary/aromatic N) is 3. The maximum absolute atomic E-state index is 12.9. The van der Waals surface area contributed by atoms with Crippen molar-refractivity contribution in [3.63, 3.8) is 0 Å². The standard InChI is InChI=1S/C15H16FN5O2S/c1-2-3-8-18-14-11(9-17)10-19-15(21-14)20-12-4-6-13(7-5-12)24(16,22)23/h4-7,10H,2-3,8H2,1H3,(H2,18,19,20,21). The average Bonchev–Trinajstić information content (AvgIpc) is 2.55. The molecule has 1 aromatic heterocycles. The molecule has 126 valence electrons. The maximum Gasteiger partial charge on any atom is 0.332 e. The van der Waals surface area contributed by atoms with E-state index < -0.39 is 15.1 Å². The summed E-state index contributed by atoms with van der Waals surface area (Å²) in [5.41, 5.74) is 0.821. The van der Waals surface area contributed by atoms with Crippen molar-refractivity contribution in [2.75, 3.05) is 17.2 Å². The van der Waals surface area contributed by atoms with Gasteiger partial charge in [-0.15, -0.1) is 3.89 Å². The fourth-order valence-electron chi connectivity index (χ4n) is 1.87. The molecule has 0 saturated carbocycles. The number of rotatable bonds is 7. The molecule has 24 heavy (non-hydrogen) atoms. The third-order valence-electron chi connectivity index (χ3n) is 3.12. The van der Waals surface area contributed by atoms with Gasteiger partial charge in [0, 0.05) is 12.2 Å². The molecule has 0 unspecified atom stereocenters. The van der Waals surface area contributed by atoms with Crippen LogP contribution in [-0.4, -0.2) is 24.9 Å². The fraction of sp³-hybridized carbons (Fsp3) is 0.267. The van der Waals surface area contributed by atoms with Crippen LogP contribution < -0.4 is 10.6 Å². The highest BCUT2D eigenvalue weighted by Crippen LogP contribution is 2.20. The lowest BCUT2D eigenvalue weighted by Crippen LogP contribution is -2.07. The number of hydrogen-bond donors (Lipinski definition) is 2. The normalized spacial score (nSPS) is 10.9. The predicted molar refractivity (Wildman–Crippen MR) is 88.2 cm³/mol. The van der Waals surface area contributed by atoms with E-state index in [4.69, 9.17) is 5.26 Å². The first kappa shape index (κ1) is 17.6. The molecular weight excluding hydrogens is 333 g/mol. The van der Waals surface area contributed by atoms with Gasteiger partial charge in [-0.2, -0.15) is 18.7 Å². The Labute approximate surface area is 139 Å². The minimum absolute atomic E-state index is 0.240. The third-order valence-corrected chi connectivity index (χ3v) is 3.96. The Morgan fingerprint density at radius 2 is 2.00 bits per heavy atom. The zero-order valence-corrected chi connectivity index (χ0v) is 13.8. The Hall–Kier alpha value is -2.73. The SMILES string of the molecule is CCCCNc1nc(Nc2ccc(S(=O)(=O)F)cc2)ncc1C#N. The molecule has 0 aliphatic carbocycles. The van der Waals surface area contributed by atoms with Crippen LogP contribution in [0.1, 0.15) is 25.3 Å². The fourth-order valence-corrected chi connectivity index (χ4v) is 2.33. The van der Waals surface area contributed by atoms with Crippen LogP contribution in [0.5, 0.6) is 0 Å². The summed E-state index contributed by atoms with van der Waals surface area (Å²) in [5, 5.41) is 15.0. The second-order valence-corrected chi connectivity index (χ2v) is 6.28. The number of benzene rings is 1. The van der Waals surface area contributed by atoms with Gasteiger partial charge in [-0.25, -0.2) is 4.98 Å². The van der Waals surface area contributed by atoms with Crippen molar-refractivity contribution in [1.82, 2.24) is 9.97 Å². The minimum atomic E-state index is -4.73. The molecule has 2 rings (SSSR count). The molecule has 1 heterocycles. The summed E-state index contributed by atoms with van der Waals surface area (Å²) in [6.07, 6.45) is 3.34. The van der Waals surface area contributed by atoms with Crippen LogP contribution in [0.15, 0.2) is 35.4 Å². The second-order valence-electron chi connectivity index (χ2n) is 4.94.